The van der Waals surface area contributed by atoms with Crippen molar-refractivity contribution in [1.82, 2.24) is 19.2 Å². The van der Waals surface area contributed by atoms with E-state index in [4.69, 9.17) is 0 Å². The normalized spacial score (nSPS) is 18.5. The first-order valence-corrected chi connectivity index (χ1v) is 11.3. The van der Waals surface area contributed by atoms with Crippen LogP contribution in [0.3, 0.4) is 0 Å². The quantitative estimate of drug-likeness (QED) is 0.699. The number of amides is 1. The first-order chi connectivity index (χ1) is 14.0. The van der Waals surface area contributed by atoms with Gasteiger partial charge in [-0.05, 0) is 49.9 Å². The highest BCUT2D eigenvalue weighted by Gasteiger charge is 2.31. The Morgan fingerprint density at radius 3 is 2.45 bits per heavy atom. The van der Waals surface area contributed by atoms with Crippen molar-refractivity contribution in [3.63, 3.8) is 0 Å². The second-order valence-corrected chi connectivity index (χ2v) is 9.02. The molecular weight excluding hydrogens is 391 g/mol. The molecule has 1 aromatic carbocycles. The molecule has 2 fully saturated rings. The van der Waals surface area contributed by atoms with E-state index in [0.29, 0.717) is 18.8 Å². The predicted octanol–water partition coefficient (Wildman–Crippen LogP) is 3.33. The van der Waals surface area contributed by atoms with Gasteiger partial charge in [-0.3, -0.25) is 9.36 Å². The number of carbonyl (C=O) groups excluding carboxylic acids is 1. The average Bonchev–Trinajstić information content (AvgIpc) is 3.36. The van der Waals surface area contributed by atoms with Gasteiger partial charge in [-0.15, -0.1) is 11.8 Å². The zero-order valence-corrected chi connectivity index (χ0v) is 17.5. The Balaban J connectivity index is 1.36. The van der Waals surface area contributed by atoms with E-state index < -0.39 is 0 Å². The molecule has 29 heavy (non-hydrogen) atoms. The highest BCUT2D eigenvalue weighted by molar-refractivity contribution is 8.00. The molecule has 4 rings (SSSR count). The number of carbonyl (C=O) groups is 1. The van der Waals surface area contributed by atoms with Crippen molar-refractivity contribution in [3.05, 3.63) is 46.4 Å². The standard InChI is InChI=1S/C21H27FN4O2S/c1-24-21(28)26(17-4-2-3-5-17)20(23-24)15-10-12-25(13-11-15)19(27)14-29-18-8-6-16(22)7-9-18/h6-9,15,17H,2-5,10-14H2,1H3. The molecule has 0 N–H and O–H groups in total. The number of halogens is 1. The number of likely N-dealkylation sites (tertiary alicyclic amines) is 1. The number of aromatic nitrogens is 3. The van der Waals surface area contributed by atoms with Crippen LogP contribution in [0.2, 0.25) is 0 Å². The number of piperidine rings is 1. The maximum Gasteiger partial charge on any atom is 0.345 e. The molecule has 0 bridgehead atoms. The number of aryl methyl sites for hydroxylation is 1. The lowest BCUT2D eigenvalue weighted by Gasteiger charge is -2.32. The molecule has 0 atom stereocenters. The highest BCUT2D eigenvalue weighted by atomic mass is 32.2. The van der Waals surface area contributed by atoms with Gasteiger partial charge in [0.15, 0.2) is 0 Å². The van der Waals surface area contributed by atoms with E-state index in [-0.39, 0.29) is 29.4 Å². The van der Waals surface area contributed by atoms with Crippen molar-refractivity contribution >= 4 is 17.7 Å². The third-order valence-electron chi connectivity index (χ3n) is 6.06. The van der Waals surface area contributed by atoms with E-state index in [9.17, 15) is 14.0 Å². The van der Waals surface area contributed by atoms with Gasteiger partial charge >= 0.3 is 5.69 Å². The molecule has 1 saturated heterocycles. The molecule has 2 aromatic rings. The summed E-state index contributed by atoms with van der Waals surface area (Å²) < 4.78 is 16.4. The zero-order valence-electron chi connectivity index (χ0n) is 16.7. The van der Waals surface area contributed by atoms with Crippen LogP contribution in [0.25, 0.3) is 0 Å². The van der Waals surface area contributed by atoms with Gasteiger partial charge in [-0.1, -0.05) is 12.8 Å². The van der Waals surface area contributed by atoms with Gasteiger partial charge in [0.05, 0.1) is 5.75 Å². The fourth-order valence-corrected chi connectivity index (χ4v) is 5.24. The van der Waals surface area contributed by atoms with Crippen molar-refractivity contribution in [1.29, 1.82) is 0 Å². The molecule has 1 amide bonds. The molecule has 0 radical (unpaired) electrons. The summed E-state index contributed by atoms with van der Waals surface area (Å²) in [5, 5.41) is 4.56. The van der Waals surface area contributed by atoms with Crippen molar-refractivity contribution in [2.45, 2.75) is 55.4 Å². The fourth-order valence-electron chi connectivity index (χ4n) is 4.44. The molecule has 1 saturated carbocycles. The van der Waals surface area contributed by atoms with E-state index >= 15 is 0 Å². The lowest BCUT2D eigenvalue weighted by molar-refractivity contribution is -0.129. The Bertz CT molecular complexity index is 910. The smallest absolute Gasteiger partial charge is 0.342 e. The summed E-state index contributed by atoms with van der Waals surface area (Å²) in [4.78, 5) is 28.0. The van der Waals surface area contributed by atoms with Crippen LogP contribution in [0.15, 0.2) is 34.0 Å². The van der Waals surface area contributed by atoms with Crippen LogP contribution in [0.4, 0.5) is 4.39 Å². The number of rotatable bonds is 5. The summed E-state index contributed by atoms with van der Waals surface area (Å²) in [6.07, 6.45) is 6.10. The Hall–Kier alpha value is -2.09. The molecule has 2 aliphatic rings. The fraction of sp³-hybridized carbons (Fsp3) is 0.571. The van der Waals surface area contributed by atoms with E-state index in [2.05, 4.69) is 5.10 Å². The Kier molecular flexibility index (Phi) is 6.08. The molecule has 1 aromatic heterocycles. The summed E-state index contributed by atoms with van der Waals surface area (Å²) >= 11 is 1.43. The molecule has 156 valence electrons. The first kappa shape index (κ1) is 20.2. The van der Waals surface area contributed by atoms with Gasteiger partial charge < -0.3 is 4.90 Å². The summed E-state index contributed by atoms with van der Waals surface area (Å²) in [5.74, 6) is 1.31. The molecule has 0 spiro atoms. The number of hydrogen-bond donors (Lipinski definition) is 0. The number of hydrogen-bond acceptors (Lipinski definition) is 4. The molecule has 6 nitrogen and oxygen atoms in total. The highest BCUT2D eigenvalue weighted by Crippen LogP contribution is 2.33. The van der Waals surface area contributed by atoms with E-state index in [1.165, 1.54) is 41.4 Å². The van der Waals surface area contributed by atoms with Gasteiger partial charge in [-0.25, -0.2) is 13.9 Å². The van der Waals surface area contributed by atoms with Crippen LogP contribution in [0.1, 0.15) is 56.3 Å². The largest absolute Gasteiger partial charge is 0.345 e. The lowest BCUT2D eigenvalue weighted by Crippen LogP contribution is -2.39. The minimum Gasteiger partial charge on any atom is -0.342 e. The Morgan fingerprint density at radius 2 is 1.79 bits per heavy atom. The van der Waals surface area contributed by atoms with Crippen LogP contribution in [0, 0.1) is 5.82 Å². The number of thioether (sulfide) groups is 1. The van der Waals surface area contributed by atoms with Crippen LogP contribution < -0.4 is 5.69 Å². The average molecular weight is 419 g/mol. The summed E-state index contributed by atoms with van der Waals surface area (Å²) in [6, 6.07) is 6.49. The topological polar surface area (TPSA) is 60.1 Å². The molecule has 2 heterocycles. The summed E-state index contributed by atoms with van der Waals surface area (Å²) in [6.45, 7) is 1.37. The zero-order chi connectivity index (χ0) is 20.4. The predicted molar refractivity (Wildman–Crippen MR) is 111 cm³/mol. The molecule has 1 aliphatic heterocycles. The lowest BCUT2D eigenvalue weighted by atomic mass is 9.95. The van der Waals surface area contributed by atoms with Gasteiger partial charge in [0, 0.05) is 37.0 Å². The minimum absolute atomic E-state index is 0.0129. The van der Waals surface area contributed by atoms with Gasteiger partial charge in [-0.2, -0.15) is 5.10 Å². The third kappa shape index (κ3) is 4.42. The van der Waals surface area contributed by atoms with E-state index in [1.807, 2.05) is 9.47 Å². The van der Waals surface area contributed by atoms with Crippen LogP contribution >= 0.6 is 11.8 Å². The maximum absolute atomic E-state index is 13.0. The van der Waals surface area contributed by atoms with Crippen LogP contribution in [0.5, 0.6) is 0 Å². The monoisotopic (exact) mass is 418 g/mol. The second kappa shape index (κ2) is 8.73. The van der Waals surface area contributed by atoms with Crippen LogP contribution in [-0.4, -0.2) is 44.0 Å². The van der Waals surface area contributed by atoms with Gasteiger partial charge in [0.1, 0.15) is 11.6 Å². The SMILES string of the molecule is Cn1nc(C2CCN(C(=O)CSc3ccc(F)cc3)CC2)n(C2CCCC2)c1=O. The Labute approximate surface area is 174 Å². The Morgan fingerprint density at radius 1 is 1.14 bits per heavy atom. The second-order valence-electron chi connectivity index (χ2n) is 7.97. The molecular formula is C21H27FN4O2S. The van der Waals surface area contributed by atoms with Crippen molar-refractivity contribution in [3.8, 4) is 0 Å². The number of nitrogens with zero attached hydrogens (tertiary/aromatic N) is 4. The molecule has 1 aliphatic carbocycles. The van der Waals surface area contributed by atoms with E-state index in [0.717, 1.165) is 36.4 Å². The van der Waals surface area contributed by atoms with Gasteiger partial charge in [0.2, 0.25) is 5.91 Å². The van der Waals surface area contributed by atoms with Gasteiger partial charge in [0.25, 0.3) is 0 Å². The minimum atomic E-state index is -0.270. The van der Waals surface area contributed by atoms with Crippen molar-refractivity contribution in [2.75, 3.05) is 18.8 Å². The van der Waals surface area contributed by atoms with Crippen molar-refractivity contribution in [2.24, 2.45) is 7.05 Å². The summed E-state index contributed by atoms with van der Waals surface area (Å²) in [7, 11) is 1.72. The first-order valence-electron chi connectivity index (χ1n) is 10.3. The maximum atomic E-state index is 13.0. The molecule has 8 heteroatoms. The molecule has 0 unspecified atom stereocenters. The summed E-state index contributed by atoms with van der Waals surface area (Å²) in [5.41, 5.74) is -0.0129. The van der Waals surface area contributed by atoms with E-state index in [1.54, 1.807) is 19.2 Å². The third-order valence-corrected chi connectivity index (χ3v) is 7.06. The number of benzene rings is 1. The van der Waals surface area contributed by atoms with Crippen LogP contribution in [-0.2, 0) is 11.8 Å². The van der Waals surface area contributed by atoms with Crippen molar-refractivity contribution < 1.29 is 9.18 Å².